The number of hydrogen-bond donors (Lipinski definition) is 1. The van der Waals surface area contributed by atoms with E-state index < -0.39 is 0 Å². The minimum absolute atomic E-state index is 0.317. The minimum Gasteiger partial charge on any atom is -0.307 e. The quantitative estimate of drug-likeness (QED) is 0.843. The summed E-state index contributed by atoms with van der Waals surface area (Å²) in [4.78, 5) is 0. The first-order valence-corrected chi connectivity index (χ1v) is 7.18. The topological polar surface area (TPSA) is 12.0 Å². The van der Waals surface area contributed by atoms with Crippen LogP contribution in [0.25, 0.3) is 0 Å². The fraction of sp³-hybridized carbons (Fsp3) is 0.333. The van der Waals surface area contributed by atoms with Crippen molar-refractivity contribution in [3.8, 4) is 0 Å². The van der Waals surface area contributed by atoms with E-state index in [4.69, 9.17) is 0 Å². The van der Waals surface area contributed by atoms with E-state index in [-0.39, 0.29) is 0 Å². The highest BCUT2D eigenvalue weighted by molar-refractivity contribution is 5.33. The van der Waals surface area contributed by atoms with Gasteiger partial charge in [0.15, 0.2) is 0 Å². The van der Waals surface area contributed by atoms with Gasteiger partial charge < -0.3 is 5.32 Å². The Kier molecular flexibility index (Phi) is 3.39. The van der Waals surface area contributed by atoms with Crippen molar-refractivity contribution < 1.29 is 0 Å². The van der Waals surface area contributed by atoms with Gasteiger partial charge in [-0.15, -0.1) is 0 Å². The molecule has 2 atom stereocenters. The van der Waals surface area contributed by atoms with Gasteiger partial charge in [-0.05, 0) is 24.0 Å². The van der Waals surface area contributed by atoms with Crippen molar-refractivity contribution in [2.75, 3.05) is 0 Å². The Morgan fingerprint density at radius 1 is 1.00 bits per heavy atom. The third-order valence-corrected chi connectivity index (χ3v) is 4.40. The van der Waals surface area contributed by atoms with Crippen LogP contribution < -0.4 is 5.32 Å². The summed E-state index contributed by atoms with van der Waals surface area (Å²) in [5.74, 6) is 0.683. The van der Waals surface area contributed by atoms with Crippen molar-refractivity contribution in [2.45, 2.75) is 37.8 Å². The van der Waals surface area contributed by atoms with Crippen LogP contribution in [0.5, 0.6) is 0 Å². The molecule has 1 nitrogen and oxygen atoms in total. The van der Waals surface area contributed by atoms with Crippen molar-refractivity contribution >= 4 is 0 Å². The first-order valence-electron chi connectivity index (χ1n) is 7.18. The molecule has 0 bridgehead atoms. The average Bonchev–Trinajstić information content (AvgIpc) is 3.23. The summed E-state index contributed by atoms with van der Waals surface area (Å²) in [5.41, 5.74) is 3.16. The van der Waals surface area contributed by atoms with E-state index in [0.717, 1.165) is 6.54 Å². The maximum absolute atomic E-state index is 3.78. The smallest absolute Gasteiger partial charge is 0.0257 e. The molecule has 98 valence electrons. The second-order valence-electron chi connectivity index (χ2n) is 5.52. The lowest BCUT2D eigenvalue weighted by Gasteiger charge is -2.18. The molecule has 3 rings (SSSR count). The van der Waals surface area contributed by atoms with E-state index in [1.165, 1.54) is 24.0 Å². The summed E-state index contributed by atoms with van der Waals surface area (Å²) >= 11 is 0. The molecule has 0 heterocycles. The molecule has 1 N–H and O–H groups in total. The lowest BCUT2D eigenvalue weighted by molar-refractivity contribution is 0.468. The molecule has 1 saturated carbocycles. The highest BCUT2D eigenvalue weighted by Gasteiger charge is 2.52. The molecule has 0 aliphatic heterocycles. The van der Waals surface area contributed by atoms with Crippen LogP contribution in [-0.4, -0.2) is 5.54 Å². The number of nitrogens with one attached hydrogen (secondary N) is 1. The van der Waals surface area contributed by atoms with Gasteiger partial charge in [-0.25, -0.2) is 0 Å². The van der Waals surface area contributed by atoms with Crippen molar-refractivity contribution in [1.29, 1.82) is 0 Å². The molecule has 1 heteroatoms. The molecule has 0 aromatic heterocycles. The van der Waals surface area contributed by atoms with E-state index in [2.05, 4.69) is 72.9 Å². The highest BCUT2D eigenvalue weighted by Crippen LogP contribution is 2.53. The van der Waals surface area contributed by atoms with Gasteiger partial charge in [0, 0.05) is 18.0 Å². The predicted octanol–water partition coefficient (Wildman–Crippen LogP) is 4.11. The van der Waals surface area contributed by atoms with Crippen molar-refractivity contribution in [3.63, 3.8) is 0 Å². The Bertz CT molecular complexity index is 520. The summed E-state index contributed by atoms with van der Waals surface area (Å²) in [6.07, 6.45) is 2.46. The SMILES string of the molecule is CCC1(NCc2ccccc2)CC1c1ccccc1. The summed E-state index contributed by atoms with van der Waals surface area (Å²) in [7, 11) is 0. The summed E-state index contributed by atoms with van der Waals surface area (Å²) in [5, 5.41) is 3.78. The first-order chi connectivity index (χ1) is 9.34. The third-order valence-electron chi connectivity index (χ3n) is 4.40. The van der Waals surface area contributed by atoms with Crippen LogP contribution in [0, 0.1) is 0 Å². The van der Waals surface area contributed by atoms with Gasteiger partial charge in [-0.2, -0.15) is 0 Å². The van der Waals surface area contributed by atoms with Gasteiger partial charge in [0.25, 0.3) is 0 Å². The molecule has 0 amide bonds. The highest BCUT2D eigenvalue weighted by atomic mass is 15.0. The molecule has 2 aromatic carbocycles. The predicted molar refractivity (Wildman–Crippen MR) is 80.1 cm³/mol. The number of rotatable bonds is 5. The summed E-state index contributed by atoms with van der Waals surface area (Å²) in [6, 6.07) is 21.6. The van der Waals surface area contributed by atoms with Gasteiger partial charge in [-0.1, -0.05) is 67.6 Å². The van der Waals surface area contributed by atoms with Gasteiger partial charge in [-0.3, -0.25) is 0 Å². The molecule has 1 aliphatic rings. The summed E-state index contributed by atoms with van der Waals surface area (Å²) in [6.45, 7) is 3.26. The third kappa shape index (κ3) is 2.57. The van der Waals surface area contributed by atoms with Crippen LogP contribution in [0.3, 0.4) is 0 Å². The van der Waals surface area contributed by atoms with E-state index in [1.807, 2.05) is 0 Å². The maximum atomic E-state index is 3.78. The van der Waals surface area contributed by atoms with Gasteiger partial charge in [0.05, 0.1) is 0 Å². The van der Waals surface area contributed by atoms with E-state index in [1.54, 1.807) is 0 Å². The molecule has 0 saturated heterocycles. The number of hydrogen-bond acceptors (Lipinski definition) is 1. The Balaban J connectivity index is 1.67. The van der Waals surface area contributed by atoms with E-state index in [0.29, 0.717) is 11.5 Å². The molecular weight excluding hydrogens is 230 g/mol. The first kappa shape index (κ1) is 12.4. The molecule has 2 aromatic rings. The second-order valence-corrected chi connectivity index (χ2v) is 5.52. The normalized spacial score (nSPS) is 25.2. The van der Waals surface area contributed by atoms with Crippen molar-refractivity contribution in [1.82, 2.24) is 5.32 Å². The Hall–Kier alpha value is -1.60. The zero-order valence-electron chi connectivity index (χ0n) is 11.5. The Morgan fingerprint density at radius 2 is 1.63 bits per heavy atom. The molecule has 0 radical (unpaired) electrons. The van der Waals surface area contributed by atoms with Crippen molar-refractivity contribution in [3.05, 3.63) is 71.8 Å². The van der Waals surface area contributed by atoms with E-state index in [9.17, 15) is 0 Å². The molecule has 0 spiro atoms. The summed E-state index contributed by atoms with van der Waals surface area (Å²) < 4.78 is 0. The molecule has 19 heavy (non-hydrogen) atoms. The Morgan fingerprint density at radius 3 is 2.26 bits per heavy atom. The van der Waals surface area contributed by atoms with Crippen LogP contribution >= 0.6 is 0 Å². The van der Waals surface area contributed by atoms with Crippen LogP contribution in [-0.2, 0) is 6.54 Å². The molecule has 1 fully saturated rings. The minimum atomic E-state index is 0.317. The maximum Gasteiger partial charge on any atom is 0.0257 e. The fourth-order valence-corrected chi connectivity index (χ4v) is 3.01. The van der Waals surface area contributed by atoms with Gasteiger partial charge in [0.2, 0.25) is 0 Å². The van der Waals surface area contributed by atoms with Crippen molar-refractivity contribution in [2.24, 2.45) is 0 Å². The number of benzene rings is 2. The average molecular weight is 251 g/mol. The molecular formula is C18H21N. The van der Waals surface area contributed by atoms with Gasteiger partial charge >= 0.3 is 0 Å². The largest absolute Gasteiger partial charge is 0.307 e. The van der Waals surface area contributed by atoms with Crippen LogP contribution in [0.1, 0.15) is 36.8 Å². The zero-order valence-corrected chi connectivity index (χ0v) is 11.5. The fourth-order valence-electron chi connectivity index (χ4n) is 3.01. The van der Waals surface area contributed by atoms with Crippen LogP contribution in [0.2, 0.25) is 0 Å². The second kappa shape index (κ2) is 5.18. The monoisotopic (exact) mass is 251 g/mol. The van der Waals surface area contributed by atoms with Crippen LogP contribution in [0.4, 0.5) is 0 Å². The van der Waals surface area contributed by atoms with Gasteiger partial charge in [0.1, 0.15) is 0 Å². The lowest BCUT2D eigenvalue weighted by atomic mass is 10.0. The van der Waals surface area contributed by atoms with Crippen LogP contribution in [0.15, 0.2) is 60.7 Å². The standard InChI is InChI=1S/C18H21N/c1-2-18(19-14-15-9-5-3-6-10-15)13-17(18)16-11-7-4-8-12-16/h3-12,17,19H,2,13-14H2,1H3. The zero-order chi connectivity index (χ0) is 13.1. The Labute approximate surface area is 115 Å². The van der Waals surface area contributed by atoms with E-state index >= 15 is 0 Å². The molecule has 1 aliphatic carbocycles. The molecule has 2 unspecified atom stereocenters. The lowest BCUT2D eigenvalue weighted by Crippen LogP contribution is -2.31.